The number of ether oxygens (including phenoxy) is 2. The number of benzene rings is 19. The van der Waals surface area contributed by atoms with Gasteiger partial charge in [0.1, 0.15) is 23.0 Å². The van der Waals surface area contributed by atoms with Crippen molar-refractivity contribution in [3.05, 3.63) is 429 Å². The van der Waals surface area contributed by atoms with Gasteiger partial charge in [-0.15, -0.1) is 0 Å². The second-order valence-corrected chi connectivity index (χ2v) is 40.2. The van der Waals surface area contributed by atoms with Gasteiger partial charge in [0.15, 0.2) is 0 Å². The first kappa shape index (κ1) is 79.8. The van der Waals surface area contributed by atoms with Gasteiger partial charge in [0.2, 0.25) is 0 Å². The first-order valence-corrected chi connectivity index (χ1v) is 47.4. The van der Waals surface area contributed by atoms with Gasteiger partial charge in [-0.05, 0) is 220 Å². The minimum Gasteiger partial charge on any atom is -0.458 e. The van der Waals surface area contributed by atoms with E-state index in [-0.39, 0.29) is 10.8 Å². The van der Waals surface area contributed by atoms with E-state index < -0.39 is 18.8 Å². The van der Waals surface area contributed by atoms with Crippen LogP contribution < -0.4 is 52.1 Å². The molecule has 7 nitrogen and oxygen atoms in total. The maximum atomic E-state index is 8.62. The van der Waals surface area contributed by atoms with Crippen LogP contribution in [-0.4, -0.2) is 27.1 Å². The Hall–Kier alpha value is -16.1. The van der Waals surface area contributed by atoms with E-state index in [9.17, 15) is 0 Å². The van der Waals surface area contributed by atoms with E-state index in [0.717, 1.165) is 207 Å². The topological polar surface area (TPSA) is 39.7 Å². The molecular formula is C126H95B2N5O2. The molecule has 22 aromatic rings. The van der Waals surface area contributed by atoms with E-state index >= 15 is 0 Å². The minimum absolute atomic E-state index is 0.294. The molecule has 642 valence electrons. The molecule has 0 unspecified atom stereocenters. The molecule has 0 amide bonds. The number of hydrogen-bond acceptors (Lipinski definition) is 4. The minimum atomic E-state index is -0.505. The molecule has 0 aliphatic carbocycles. The smallest absolute Gasteiger partial charge is 0.260 e. The maximum absolute atomic E-state index is 8.62. The Morgan fingerprint density at radius 1 is 0.207 bits per heavy atom. The van der Waals surface area contributed by atoms with Crippen LogP contribution in [0.1, 0.15) is 79.0 Å². The van der Waals surface area contributed by atoms with Crippen LogP contribution in [0.3, 0.4) is 0 Å². The highest BCUT2D eigenvalue weighted by molar-refractivity contribution is 7.02. The van der Waals surface area contributed by atoms with Gasteiger partial charge in [0.05, 0.1) is 50.2 Å². The highest BCUT2D eigenvalue weighted by Gasteiger charge is 2.52. The first-order valence-electron chi connectivity index (χ1n) is 47.4. The number of rotatable bonds is 11. The highest BCUT2D eigenvalue weighted by atomic mass is 16.5. The normalized spacial score (nSPS) is 13.1. The van der Waals surface area contributed by atoms with Crippen LogP contribution in [0.5, 0.6) is 23.0 Å². The molecule has 19 aromatic carbocycles. The first-order chi connectivity index (χ1) is 65.9. The number of anilines is 6. The van der Waals surface area contributed by atoms with Gasteiger partial charge >= 0.3 is 0 Å². The predicted molar refractivity (Wildman–Crippen MR) is 570 cm³/mol. The summed E-state index contributed by atoms with van der Waals surface area (Å²) in [6, 6.07) is 155. The number of fused-ring (bicyclic) bond motifs is 18. The van der Waals surface area contributed by atoms with Gasteiger partial charge in [0, 0.05) is 106 Å². The average Bonchev–Trinajstić information content (AvgIpc) is 0.884. The number of aromatic nitrogens is 3. The van der Waals surface area contributed by atoms with Crippen molar-refractivity contribution in [3.63, 3.8) is 0 Å². The van der Waals surface area contributed by atoms with E-state index in [1.54, 1.807) is 0 Å². The molecule has 9 heteroatoms. The van der Waals surface area contributed by atoms with Crippen LogP contribution in [0.4, 0.5) is 34.1 Å². The summed E-state index contributed by atoms with van der Waals surface area (Å²) >= 11 is 0. The van der Waals surface area contributed by atoms with Crippen molar-refractivity contribution < 1.29 is 9.47 Å². The summed E-state index contributed by atoms with van der Waals surface area (Å²) in [4.78, 5) is 5.48. The van der Waals surface area contributed by atoms with Gasteiger partial charge < -0.3 is 33.0 Å². The molecule has 7 heterocycles. The van der Waals surface area contributed by atoms with Gasteiger partial charge in [-0.1, -0.05) is 347 Å². The quantitative estimate of drug-likeness (QED) is 0.121. The van der Waals surface area contributed by atoms with Crippen molar-refractivity contribution in [2.75, 3.05) is 9.80 Å². The van der Waals surface area contributed by atoms with Crippen LogP contribution in [0, 0.1) is 0 Å². The van der Waals surface area contributed by atoms with E-state index in [0.29, 0.717) is 0 Å². The molecule has 4 aliphatic rings. The van der Waals surface area contributed by atoms with Crippen molar-refractivity contribution >= 4 is 146 Å². The number of para-hydroxylation sites is 6. The number of hydrogen-bond donors (Lipinski definition) is 0. The summed E-state index contributed by atoms with van der Waals surface area (Å²) < 4.78 is 24.2. The molecule has 0 saturated heterocycles. The molecule has 0 atom stereocenters. The Kier molecular flexibility index (Phi) is 17.9. The largest absolute Gasteiger partial charge is 0.458 e. The van der Waals surface area contributed by atoms with E-state index in [2.05, 4.69) is 498 Å². The molecule has 0 spiro atoms. The van der Waals surface area contributed by atoms with Crippen LogP contribution in [0.25, 0.3) is 149 Å². The molecule has 0 bridgehead atoms. The molecule has 0 radical (unpaired) electrons. The zero-order valence-electron chi connectivity index (χ0n) is 77.0. The molecule has 135 heavy (non-hydrogen) atoms. The molecule has 3 aromatic heterocycles. The van der Waals surface area contributed by atoms with Gasteiger partial charge in [0.25, 0.3) is 13.4 Å². The standard InChI is InChI=1S/C126H95B2N5O2/c1-124(2,3)86-68-98(80-40-18-12-19-41-80)120(100(70-86)84-46-34-44-82(66-84)78-36-14-10-15-37-78)132-112-74-89(129-106-54-28-22-48-92(106)93-49-23-29-55-107(93)129)60-63-102(112)127-105-77-117-119-123(122(105)133(114-73-88(126(7,8)9)72-113(132)118(114)127)121-99(81-42-20-13-21-43-81)69-87(125(4,5)6)71-101(121)85-47-35-45-83(67-85)79-38-16-11-17-39-79)135-116-76-91(131-110-58-32-26-52-96(110)97-53-27-33-59-111(97)131)62-65-104(116)128(119)103-64-61-90(75-115(103)134-117)130-108-56-30-24-50-94(108)95-51-25-31-57-109(95)130/h10-77H,1-9H3. The van der Waals surface area contributed by atoms with Crippen LogP contribution in [-0.2, 0) is 16.2 Å². The summed E-state index contributed by atoms with van der Waals surface area (Å²) in [5.74, 6) is 3.03. The third kappa shape index (κ3) is 12.6. The molecule has 0 N–H and O–H groups in total. The monoisotopic (exact) mass is 1730 g/mol. The summed E-state index contributed by atoms with van der Waals surface area (Å²) in [5, 5.41) is 7.15. The Morgan fingerprint density at radius 3 is 0.919 bits per heavy atom. The second-order valence-electron chi connectivity index (χ2n) is 40.2. The van der Waals surface area contributed by atoms with Gasteiger partial charge in [-0.2, -0.15) is 0 Å². The lowest BCUT2D eigenvalue weighted by atomic mass is 9.31. The fraction of sp³-hybridized carbons (Fsp3) is 0.0952. The van der Waals surface area contributed by atoms with Crippen LogP contribution in [0.15, 0.2) is 413 Å². The van der Waals surface area contributed by atoms with Crippen molar-refractivity contribution in [1.29, 1.82) is 0 Å². The zero-order chi connectivity index (χ0) is 90.6. The van der Waals surface area contributed by atoms with Crippen LogP contribution >= 0.6 is 0 Å². The Balaban J connectivity index is 0.844. The van der Waals surface area contributed by atoms with E-state index in [1.165, 1.54) is 49.0 Å². The Bertz CT molecular complexity index is 8530. The van der Waals surface area contributed by atoms with Crippen LogP contribution in [0.2, 0.25) is 0 Å². The Morgan fingerprint density at radius 2 is 0.519 bits per heavy atom. The summed E-state index contributed by atoms with van der Waals surface area (Å²) in [5.41, 5.74) is 38.3. The van der Waals surface area contributed by atoms with Crippen molar-refractivity contribution in [2.24, 2.45) is 0 Å². The third-order valence-corrected chi connectivity index (χ3v) is 29.1. The molecular weight excluding hydrogens is 1640 g/mol. The van der Waals surface area contributed by atoms with Crippen molar-refractivity contribution in [3.8, 4) is 107 Å². The summed E-state index contributed by atoms with van der Waals surface area (Å²) in [7, 11) is 0. The van der Waals surface area contributed by atoms with E-state index in [1.807, 2.05) is 0 Å². The van der Waals surface area contributed by atoms with E-state index in [4.69, 9.17) is 9.47 Å². The third-order valence-electron chi connectivity index (χ3n) is 29.1. The fourth-order valence-electron chi connectivity index (χ4n) is 22.6. The predicted octanol–water partition coefficient (Wildman–Crippen LogP) is 29.7. The molecule has 0 saturated carbocycles. The number of nitrogens with zero attached hydrogens (tertiary/aromatic N) is 5. The highest BCUT2D eigenvalue weighted by Crippen LogP contribution is 2.59. The summed E-state index contributed by atoms with van der Waals surface area (Å²) in [6.45, 7) is 20.5. The maximum Gasteiger partial charge on any atom is 0.260 e. The van der Waals surface area contributed by atoms with Gasteiger partial charge in [-0.3, -0.25) is 0 Å². The second kappa shape index (κ2) is 30.2. The zero-order valence-corrected chi connectivity index (χ0v) is 77.0. The lowest BCUT2D eigenvalue weighted by Gasteiger charge is -2.48. The molecule has 26 rings (SSSR count). The van der Waals surface area contributed by atoms with Crippen molar-refractivity contribution in [1.82, 2.24) is 13.7 Å². The van der Waals surface area contributed by atoms with Crippen molar-refractivity contribution in [2.45, 2.75) is 78.6 Å². The van der Waals surface area contributed by atoms with Gasteiger partial charge in [-0.25, -0.2) is 0 Å². The fourth-order valence-corrected chi connectivity index (χ4v) is 22.6. The SMILES string of the molecule is CC(C)(C)c1cc(-c2ccccc2)c(N2c3cc(-n4c5ccccc5c5ccccc54)ccc3B3c4cc5c6c(c4N(c4c(-c7ccccc7)cc(C(C)(C)C)cc4-c4cccc(-c7ccccc7)c4)c4cc(C(C)(C)C)cc2c43)Oc2cc(-n3c4ccccc4c4ccccc43)ccc2B6c2ccc(-n3c4ccccc4c4ccccc43)cc2O5)c(-c2cccc(-c3ccccc3)c2)c1. The molecule has 4 aliphatic heterocycles. The molecule has 0 fully saturated rings. The lowest BCUT2D eigenvalue weighted by molar-refractivity contribution is 0.465. The lowest BCUT2D eigenvalue weighted by Crippen LogP contribution is -2.63. The summed E-state index contributed by atoms with van der Waals surface area (Å²) in [6.07, 6.45) is 0. The average molecular weight is 1730 g/mol. The Labute approximate surface area is 787 Å².